The Hall–Kier alpha value is -5.84. The number of rotatable bonds is 77. The SMILES string of the molecule is CC/C=C\C/C=C\C/C=C\C/C=C\C/C=C\CCCCCC(=O)O[C@H](COC(=O)CCCCCCCCCCCCCCC)COP(=O)(O)OC[C@H](O)COP(=O)(O)OC[C@@H](COC(=O)CC/C=C\C/C=C\C/C=C\C/C=C\C/C=C\CCCCC)OC(=O)CC/C=C\C/C=C\C/C=C\C/C=C\C/C=C\CCCCC. The first-order valence-electron chi connectivity index (χ1n) is 42.0. The number of phosphoric acid groups is 2. The Morgan fingerprint density at radius 1 is 0.264 bits per heavy atom. The number of hydrogen-bond acceptors (Lipinski definition) is 15. The number of aliphatic hydroxyl groups is 1. The van der Waals surface area contributed by atoms with Gasteiger partial charge in [0.15, 0.2) is 12.2 Å². The van der Waals surface area contributed by atoms with Gasteiger partial charge in [0.05, 0.1) is 26.4 Å². The van der Waals surface area contributed by atoms with Gasteiger partial charge in [-0.15, -0.1) is 0 Å². The first-order chi connectivity index (χ1) is 53.7. The van der Waals surface area contributed by atoms with Crippen LogP contribution in [0.25, 0.3) is 0 Å². The molecule has 0 fully saturated rings. The van der Waals surface area contributed by atoms with E-state index in [1.807, 2.05) is 36.5 Å². The van der Waals surface area contributed by atoms with E-state index in [4.69, 9.17) is 37.0 Å². The first kappa shape index (κ1) is 104. The fourth-order valence-electron chi connectivity index (χ4n) is 10.5. The second-order valence-corrected chi connectivity index (χ2v) is 30.2. The third-order valence-electron chi connectivity index (χ3n) is 16.9. The molecule has 0 aromatic carbocycles. The third-order valence-corrected chi connectivity index (χ3v) is 18.8. The molecule has 3 N–H and O–H groups in total. The molecule has 0 radical (unpaired) electrons. The second kappa shape index (κ2) is 81.2. The van der Waals surface area contributed by atoms with Crippen LogP contribution < -0.4 is 0 Å². The molecular formula is C91H148O17P2. The van der Waals surface area contributed by atoms with Crippen LogP contribution in [0.2, 0.25) is 0 Å². The zero-order valence-electron chi connectivity index (χ0n) is 68.4. The van der Waals surface area contributed by atoms with Crippen molar-refractivity contribution in [3.05, 3.63) is 182 Å². The van der Waals surface area contributed by atoms with E-state index in [2.05, 4.69) is 174 Å². The summed E-state index contributed by atoms with van der Waals surface area (Å²) in [5, 5.41) is 10.7. The molecule has 0 rings (SSSR count). The van der Waals surface area contributed by atoms with Crippen molar-refractivity contribution >= 4 is 39.5 Å². The molecule has 110 heavy (non-hydrogen) atoms. The van der Waals surface area contributed by atoms with Crippen molar-refractivity contribution in [3.63, 3.8) is 0 Å². The first-order valence-corrected chi connectivity index (χ1v) is 45.0. The van der Waals surface area contributed by atoms with Gasteiger partial charge < -0.3 is 33.8 Å². The van der Waals surface area contributed by atoms with Crippen molar-refractivity contribution < 1.29 is 80.2 Å². The van der Waals surface area contributed by atoms with Gasteiger partial charge >= 0.3 is 39.5 Å². The lowest BCUT2D eigenvalue weighted by atomic mass is 10.0. The molecule has 5 atom stereocenters. The molecule has 0 aromatic rings. The van der Waals surface area contributed by atoms with Crippen LogP contribution in [-0.2, 0) is 65.4 Å². The molecule has 0 amide bonds. The van der Waals surface area contributed by atoms with E-state index in [1.165, 1.54) is 89.9 Å². The Bertz CT molecular complexity index is 2800. The van der Waals surface area contributed by atoms with Gasteiger partial charge in [0.2, 0.25) is 0 Å². The lowest BCUT2D eigenvalue weighted by molar-refractivity contribution is -0.161. The standard InChI is InChI=1S/C91H148O17P2/c1-5-9-13-17-21-25-29-33-36-39-42-45-48-52-56-60-64-68-72-76-89(94)102-82-87(108-91(96)78-74-70-66-62-58-54-50-47-44-41-38-35-31-27-23-19-15-11-7-3)84-106-110(99,100)104-80-85(92)79-103-109(97,98)105-83-86(81-101-88(93)75-71-67-63-59-55-51-32-28-24-20-16-12-8-4)107-90(95)77-73-69-65-61-57-53-49-46-43-40-37-34-30-26-22-18-14-10-6-2/h10,14,21-23,25-27,33-38,42-47,52-54,56-58,64,66,68,70,85-87,92H,5-9,11-13,15-20,24,28-32,39-41,48-51,55,59-63,65,67,69,71-84H2,1-4H3,(H,97,98)(H,99,100)/b14-10-,25-21-,26-22-,27-23-,36-33-,37-34-,38-35-,45-42-,46-43-,47-44-,56-52-,57-53-,58-54-,68-64-,70-66-/t85-,86+,87+/m0/s1. The fraction of sp³-hybridized carbons (Fsp3) is 0.626. The number of unbranched alkanes of at least 4 members (excludes halogenated alkanes) is 21. The third kappa shape index (κ3) is 80.2. The summed E-state index contributed by atoms with van der Waals surface area (Å²) >= 11 is 0. The Labute approximate surface area is 666 Å². The fourth-order valence-corrected chi connectivity index (χ4v) is 12.1. The summed E-state index contributed by atoms with van der Waals surface area (Å²) in [7, 11) is -10.0. The quantitative estimate of drug-likeness (QED) is 0.0169. The average Bonchev–Trinajstić information content (AvgIpc) is 0.908. The van der Waals surface area contributed by atoms with Crippen molar-refractivity contribution in [1.29, 1.82) is 0 Å². The number of aliphatic hydroxyl groups excluding tert-OH is 1. The van der Waals surface area contributed by atoms with E-state index in [9.17, 15) is 43.2 Å². The van der Waals surface area contributed by atoms with E-state index < -0.39 is 97.5 Å². The van der Waals surface area contributed by atoms with Gasteiger partial charge in [-0.2, -0.15) is 0 Å². The molecule has 0 saturated carbocycles. The molecule has 0 aromatic heterocycles. The Morgan fingerprint density at radius 2 is 0.491 bits per heavy atom. The molecule has 17 nitrogen and oxygen atoms in total. The van der Waals surface area contributed by atoms with Crippen molar-refractivity contribution in [2.75, 3.05) is 39.6 Å². The van der Waals surface area contributed by atoms with E-state index in [0.29, 0.717) is 38.5 Å². The van der Waals surface area contributed by atoms with Crippen molar-refractivity contribution in [3.8, 4) is 0 Å². The molecular weight excluding hydrogens is 1430 g/mol. The molecule has 0 aliphatic rings. The van der Waals surface area contributed by atoms with E-state index in [1.54, 1.807) is 0 Å². The monoisotopic (exact) mass is 1580 g/mol. The number of carbonyl (C=O) groups excluding carboxylic acids is 4. The molecule has 0 aliphatic heterocycles. The predicted octanol–water partition coefficient (Wildman–Crippen LogP) is 25.1. The molecule has 19 heteroatoms. The minimum Gasteiger partial charge on any atom is -0.462 e. The molecule has 624 valence electrons. The van der Waals surface area contributed by atoms with Crippen LogP contribution >= 0.6 is 15.6 Å². The van der Waals surface area contributed by atoms with Gasteiger partial charge in [-0.3, -0.25) is 37.3 Å². The maximum atomic E-state index is 13.1. The van der Waals surface area contributed by atoms with Gasteiger partial charge in [-0.1, -0.05) is 319 Å². The smallest absolute Gasteiger partial charge is 0.462 e. The van der Waals surface area contributed by atoms with Crippen LogP contribution in [0.15, 0.2) is 182 Å². The minimum atomic E-state index is -5.03. The van der Waals surface area contributed by atoms with Crippen LogP contribution in [0.5, 0.6) is 0 Å². The van der Waals surface area contributed by atoms with Crippen LogP contribution in [0.1, 0.15) is 310 Å². The summed E-state index contributed by atoms with van der Waals surface area (Å²) in [6, 6.07) is 0. The van der Waals surface area contributed by atoms with Gasteiger partial charge in [0, 0.05) is 25.7 Å². The van der Waals surface area contributed by atoms with Gasteiger partial charge in [-0.05, 0) is 148 Å². The summed E-state index contributed by atoms with van der Waals surface area (Å²) in [6.07, 6.45) is 98.9. The molecule has 0 aliphatic carbocycles. The number of hydrogen-bond donors (Lipinski definition) is 3. The highest BCUT2D eigenvalue weighted by molar-refractivity contribution is 7.47. The molecule has 2 unspecified atom stereocenters. The lowest BCUT2D eigenvalue weighted by Gasteiger charge is -2.21. The molecule has 0 saturated heterocycles. The van der Waals surface area contributed by atoms with Gasteiger partial charge in [0.1, 0.15) is 19.3 Å². The summed E-state index contributed by atoms with van der Waals surface area (Å²) in [5.41, 5.74) is 0. The van der Waals surface area contributed by atoms with Gasteiger partial charge in [-0.25, -0.2) is 9.13 Å². The highest BCUT2D eigenvalue weighted by Gasteiger charge is 2.30. The molecule has 0 spiro atoms. The van der Waals surface area contributed by atoms with Crippen LogP contribution in [-0.4, -0.2) is 96.7 Å². The molecule has 0 heterocycles. The number of allylic oxidation sites excluding steroid dienone is 30. The van der Waals surface area contributed by atoms with E-state index >= 15 is 0 Å². The second-order valence-electron chi connectivity index (χ2n) is 27.3. The highest BCUT2D eigenvalue weighted by Crippen LogP contribution is 2.45. The normalized spacial score (nSPS) is 14.7. The van der Waals surface area contributed by atoms with Crippen LogP contribution in [0.4, 0.5) is 0 Å². The summed E-state index contributed by atoms with van der Waals surface area (Å²) < 4.78 is 68.5. The Morgan fingerprint density at radius 3 is 0.818 bits per heavy atom. The number of esters is 4. The topological polar surface area (TPSA) is 237 Å². The maximum absolute atomic E-state index is 13.1. The van der Waals surface area contributed by atoms with Crippen molar-refractivity contribution in [2.45, 2.75) is 329 Å². The van der Waals surface area contributed by atoms with Gasteiger partial charge in [0.25, 0.3) is 0 Å². The van der Waals surface area contributed by atoms with Crippen LogP contribution in [0.3, 0.4) is 0 Å². The zero-order chi connectivity index (χ0) is 80.3. The minimum absolute atomic E-state index is 0.0155. The number of carbonyl (C=O) groups is 4. The molecule has 0 bridgehead atoms. The van der Waals surface area contributed by atoms with E-state index in [0.717, 1.165) is 128 Å². The Balaban J connectivity index is 5.56. The zero-order valence-corrected chi connectivity index (χ0v) is 70.1. The Kier molecular flexibility index (Phi) is 76.9. The maximum Gasteiger partial charge on any atom is 0.472 e. The lowest BCUT2D eigenvalue weighted by Crippen LogP contribution is -2.30. The summed E-state index contributed by atoms with van der Waals surface area (Å²) in [4.78, 5) is 73.1. The van der Waals surface area contributed by atoms with Crippen molar-refractivity contribution in [1.82, 2.24) is 0 Å². The average molecular weight is 1580 g/mol. The number of ether oxygens (including phenoxy) is 4. The number of phosphoric ester groups is 2. The highest BCUT2D eigenvalue weighted by atomic mass is 31.2. The van der Waals surface area contributed by atoms with Crippen LogP contribution in [0, 0.1) is 0 Å². The largest absolute Gasteiger partial charge is 0.472 e. The van der Waals surface area contributed by atoms with Crippen molar-refractivity contribution in [2.24, 2.45) is 0 Å². The summed E-state index contributed by atoms with van der Waals surface area (Å²) in [6.45, 7) is 4.50. The summed E-state index contributed by atoms with van der Waals surface area (Å²) in [5.74, 6) is -2.41. The van der Waals surface area contributed by atoms with E-state index in [-0.39, 0.29) is 25.7 Å². The predicted molar refractivity (Wildman–Crippen MR) is 454 cm³/mol.